The van der Waals surface area contributed by atoms with E-state index < -0.39 is 130 Å². The van der Waals surface area contributed by atoms with Gasteiger partial charge in [0.2, 0.25) is 34.9 Å². The van der Waals surface area contributed by atoms with Gasteiger partial charge in [-0.25, -0.2) is 26.3 Å². The van der Waals surface area contributed by atoms with Crippen LogP contribution >= 0.6 is 0 Å². The Morgan fingerprint density at radius 2 is 0.525 bits per heavy atom. The minimum absolute atomic E-state index is 0.591. The molecular weight excluding hydrogens is 575 g/mol. The van der Waals surface area contributed by atoms with E-state index in [0.29, 0.717) is 0 Å². The first-order valence-electron chi connectivity index (χ1n) is 11.2. The topological polar surface area (TPSA) is 27.7 Å². The molecule has 0 amide bonds. The van der Waals surface area contributed by atoms with Gasteiger partial charge < -0.3 is 14.2 Å². The first kappa shape index (κ1) is 30.8. The van der Waals surface area contributed by atoms with Crippen LogP contribution in [-0.4, -0.2) is 26.5 Å². The number of halogens is 12. The molecule has 3 rings (SSSR count). The van der Waals surface area contributed by atoms with E-state index in [1.54, 1.807) is 0 Å². The number of hydrogen-bond donors (Lipinski definition) is 0. The third kappa shape index (κ3) is 4.76. The summed E-state index contributed by atoms with van der Waals surface area (Å²) < 4.78 is 193. The van der Waals surface area contributed by atoms with Crippen LogP contribution in [0.25, 0.3) is 0 Å². The lowest BCUT2D eigenvalue weighted by Gasteiger charge is -2.23. The first-order chi connectivity index (χ1) is 18.8. The lowest BCUT2D eigenvalue weighted by molar-refractivity contribution is 0.287. The zero-order valence-electron chi connectivity index (χ0n) is 20.5. The molecule has 0 bridgehead atoms. The van der Waals surface area contributed by atoms with Gasteiger partial charge in [-0.05, 0) is 20.8 Å². The Balaban J connectivity index is 2.63. The SMILES string of the molecule is CCOc1c(F)c(F)c(B(c2c(F)c(F)c(OCC)c(F)c2F)c2c(F)c(F)c(OCC)c(F)c2F)c(F)c1F. The second-order valence-electron chi connectivity index (χ2n) is 7.73. The molecule has 0 aliphatic heterocycles. The lowest BCUT2D eigenvalue weighted by Crippen LogP contribution is -2.60. The van der Waals surface area contributed by atoms with Gasteiger partial charge in [0.25, 0.3) is 6.71 Å². The van der Waals surface area contributed by atoms with E-state index in [1.165, 1.54) is 0 Å². The van der Waals surface area contributed by atoms with Gasteiger partial charge in [-0.1, -0.05) is 0 Å². The Morgan fingerprint density at radius 1 is 0.350 bits per heavy atom. The van der Waals surface area contributed by atoms with Crippen molar-refractivity contribution in [3.8, 4) is 17.2 Å². The highest BCUT2D eigenvalue weighted by Gasteiger charge is 2.45. The summed E-state index contributed by atoms with van der Waals surface area (Å²) in [7, 11) is 0. The predicted molar refractivity (Wildman–Crippen MR) is 117 cm³/mol. The van der Waals surface area contributed by atoms with Crippen molar-refractivity contribution in [2.75, 3.05) is 19.8 Å². The maximum atomic E-state index is 15.2. The van der Waals surface area contributed by atoms with Gasteiger partial charge in [-0.3, -0.25) is 0 Å². The molecule has 216 valence electrons. The molecule has 3 aromatic rings. The van der Waals surface area contributed by atoms with Crippen LogP contribution < -0.4 is 30.6 Å². The second-order valence-corrected chi connectivity index (χ2v) is 7.73. The number of rotatable bonds is 9. The van der Waals surface area contributed by atoms with Crippen molar-refractivity contribution in [2.24, 2.45) is 0 Å². The van der Waals surface area contributed by atoms with Crippen molar-refractivity contribution in [1.82, 2.24) is 0 Å². The maximum Gasteiger partial charge on any atom is 0.265 e. The van der Waals surface area contributed by atoms with Crippen LogP contribution in [0.15, 0.2) is 0 Å². The molecule has 0 aromatic heterocycles. The molecule has 3 aromatic carbocycles. The van der Waals surface area contributed by atoms with Gasteiger partial charge in [0.1, 0.15) is 0 Å². The van der Waals surface area contributed by atoms with E-state index in [1.807, 2.05) is 0 Å². The summed E-state index contributed by atoms with van der Waals surface area (Å²) in [4.78, 5) is 0. The molecule has 0 heterocycles. The average Bonchev–Trinajstić information content (AvgIpc) is 2.92. The van der Waals surface area contributed by atoms with Crippen molar-refractivity contribution in [3.05, 3.63) is 69.8 Å². The van der Waals surface area contributed by atoms with Crippen molar-refractivity contribution >= 4 is 23.1 Å². The number of ether oxygens (including phenoxy) is 3. The predicted octanol–water partition coefficient (Wildman–Crippen LogP) is 5.07. The minimum Gasteiger partial charge on any atom is -0.488 e. The Hall–Kier alpha value is -3.72. The smallest absolute Gasteiger partial charge is 0.265 e. The van der Waals surface area contributed by atoms with E-state index in [0.717, 1.165) is 20.8 Å². The minimum atomic E-state index is -3.63. The normalized spacial score (nSPS) is 11.2. The maximum absolute atomic E-state index is 15.2. The molecule has 0 spiro atoms. The monoisotopic (exact) mass is 590 g/mol. The van der Waals surface area contributed by atoms with Crippen LogP contribution in [-0.2, 0) is 0 Å². The molecule has 0 atom stereocenters. The highest BCUT2D eigenvalue weighted by Crippen LogP contribution is 2.31. The van der Waals surface area contributed by atoms with Gasteiger partial charge in [0.05, 0.1) is 19.8 Å². The fraction of sp³-hybridized carbons (Fsp3) is 0.250. The van der Waals surface area contributed by atoms with Crippen LogP contribution in [0.1, 0.15) is 20.8 Å². The first-order valence-corrected chi connectivity index (χ1v) is 11.2. The highest BCUT2D eigenvalue weighted by molar-refractivity contribution is 6.95. The Labute approximate surface area is 218 Å². The molecule has 3 nitrogen and oxygen atoms in total. The molecule has 0 unspecified atom stereocenters. The zero-order chi connectivity index (χ0) is 30.2. The Morgan fingerprint density at radius 3 is 0.675 bits per heavy atom. The van der Waals surface area contributed by atoms with Gasteiger partial charge in [-0.2, -0.15) is 26.3 Å². The fourth-order valence-electron chi connectivity index (χ4n) is 3.89. The van der Waals surface area contributed by atoms with Crippen LogP contribution in [0.3, 0.4) is 0 Å². The molecule has 0 saturated carbocycles. The molecule has 0 fully saturated rings. The molecule has 0 aliphatic rings. The molecule has 0 N–H and O–H groups in total. The summed E-state index contributed by atoms with van der Waals surface area (Å²) in [5.41, 5.74) is -6.96. The van der Waals surface area contributed by atoms with Crippen LogP contribution in [0.5, 0.6) is 17.2 Å². The third-order valence-electron chi connectivity index (χ3n) is 5.50. The van der Waals surface area contributed by atoms with Gasteiger partial charge in [0, 0.05) is 16.4 Å². The van der Waals surface area contributed by atoms with Gasteiger partial charge >= 0.3 is 0 Å². The molecule has 0 saturated heterocycles. The van der Waals surface area contributed by atoms with E-state index >= 15 is 26.3 Å². The second kappa shape index (κ2) is 11.8. The van der Waals surface area contributed by atoms with Crippen molar-refractivity contribution in [1.29, 1.82) is 0 Å². The van der Waals surface area contributed by atoms with Gasteiger partial charge in [-0.15, -0.1) is 0 Å². The fourth-order valence-corrected chi connectivity index (χ4v) is 3.89. The molecule has 0 aliphatic carbocycles. The quantitative estimate of drug-likeness (QED) is 0.198. The number of benzene rings is 3. The third-order valence-corrected chi connectivity index (χ3v) is 5.50. The van der Waals surface area contributed by atoms with Crippen molar-refractivity contribution in [2.45, 2.75) is 20.8 Å². The summed E-state index contributed by atoms with van der Waals surface area (Å²) >= 11 is 0. The summed E-state index contributed by atoms with van der Waals surface area (Å²) in [6, 6.07) is 0. The van der Waals surface area contributed by atoms with E-state index in [9.17, 15) is 26.3 Å². The van der Waals surface area contributed by atoms with E-state index in [4.69, 9.17) is 0 Å². The summed E-state index contributed by atoms with van der Waals surface area (Å²) in [5.74, 6) is -35.5. The largest absolute Gasteiger partial charge is 0.488 e. The molecular formula is C24H15BF12O3. The summed E-state index contributed by atoms with van der Waals surface area (Å²) in [5, 5.41) is 0. The molecule has 40 heavy (non-hydrogen) atoms. The highest BCUT2D eigenvalue weighted by atomic mass is 19.2. The van der Waals surface area contributed by atoms with Crippen LogP contribution in [0.4, 0.5) is 52.7 Å². The van der Waals surface area contributed by atoms with Crippen LogP contribution in [0.2, 0.25) is 0 Å². The average molecular weight is 590 g/mol. The van der Waals surface area contributed by atoms with Crippen LogP contribution in [0, 0.1) is 69.8 Å². The lowest BCUT2D eigenvalue weighted by atomic mass is 9.36. The molecule has 0 radical (unpaired) electrons. The summed E-state index contributed by atoms with van der Waals surface area (Å²) in [6.07, 6.45) is 0. The standard InChI is InChI=1S/C24H15BF12O3/c1-4-38-22-16(32)10(26)7(11(27)17(22)33)25(8-12(28)18(34)23(39-5-2)19(35)13(8)29)9-14(30)20(36)24(40-6-3)21(37)15(9)31/h4-6H2,1-3H3. The van der Waals surface area contributed by atoms with Crippen molar-refractivity contribution < 1.29 is 66.9 Å². The Bertz CT molecular complexity index is 1220. The Kier molecular flexibility index (Phi) is 9.09. The van der Waals surface area contributed by atoms with E-state index in [-0.39, 0.29) is 0 Å². The van der Waals surface area contributed by atoms with Crippen molar-refractivity contribution in [3.63, 3.8) is 0 Å². The zero-order valence-corrected chi connectivity index (χ0v) is 20.5. The van der Waals surface area contributed by atoms with E-state index in [2.05, 4.69) is 14.2 Å². The summed E-state index contributed by atoms with van der Waals surface area (Å²) in [6.45, 7) is -2.03. The number of hydrogen-bond acceptors (Lipinski definition) is 3. The molecule has 16 heteroatoms. The van der Waals surface area contributed by atoms with Gasteiger partial charge in [0.15, 0.2) is 52.2 Å².